The molecule has 0 amide bonds. The first-order chi connectivity index (χ1) is 11.2. The van der Waals surface area contributed by atoms with Crippen LogP contribution in [0.2, 0.25) is 0 Å². The number of unbranched alkanes of at least 4 members (excludes halogenated alkanes) is 10. The van der Waals surface area contributed by atoms with Gasteiger partial charge in [-0.1, -0.05) is 71.1 Å². The molecule has 0 unspecified atom stereocenters. The van der Waals surface area contributed by atoms with Crippen LogP contribution in [0.1, 0.15) is 84.0 Å². The quantitative estimate of drug-likeness (QED) is 0.173. The van der Waals surface area contributed by atoms with Gasteiger partial charge in [-0.05, 0) is 13.5 Å². The van der Waals surface area contributed by atoms with Crippen LogP contribution in [0.25, 0.3) is 0 Å². The Labute approximate surface area is 141 Å². The third-order valence-corrected chi connectivity index (χ3v) is 3.79. The van der Waals surface area contributed by atoms with E-state index in [1.165, 1.54) is 57.8 Å². The van der Waals surface area contributed by atoms with Crippen molar-refractivity contribution < 1.29 is 19.1 Å². The molecule has 0 radical (unpaired) electrons. The largest absolute Gasteiger partial charge is 0.452 e. The summed E-state index contributed by atoms with van der Waals surface area (Å²) >= 11 is 0. The zero-order valence-electron chi connectivity index (χ0n) is 15.1. The van der Waals surface area contributed by atoms with E-state index in [-0.39, 0.29) is 19.4 Å². The second-order valence-corrected chi connectivity index (χ2v) is 6.18. The van der Waals surface area contributed by atoms with Gasteiger partial charge in [-0.25, -0.2) is 4.90 Å². The monoisotopic (exact) mass is 329 g/mol. The number of carbonyl (C=O) groups excluding carboxylic acids is 2. The van der Waals surface area contributed by atoms with Gasteiger partial charge in [0.1, 0.15) is 13.5 Å². The second kappa shape index (κ2) is 17.3. The normalized spacial score (nSPS) is 10.7. The highest BCUT2D eigenvalue weighted by Gasteiger charge is 2.05. The molecule has 0 aromatic heterocycles. The number of nitrogens with zero attached hydrogens (tertiary/aromatic N) is 1. The topological polar surface area (TPSA) is 55.8 Å². The summed E-state index contributed by atoms with van der Waals surface area (Å²) < 4.78 is 9.64. The highest BCUT2D eigenvalue weighted by Crippen LogP contribution is 2.12. The van der Waals surface area contributed by atoms with E-state index in [0.717, 1.165) is 12.8 Å². The Morgan fingerprint density at radius 2 is 1.39 bits per heavy atom. The van der Waals surface area contributed by atoms with E-state index in [1.807, 2.05) is 0 Å². The van der Waals surface area contributed by atoms with Crippen LogP contribution in [0.15, 0.2) is 0 Å². The van der Waals surface area contributed by atoms with Gasteiger partial charge in [0.05, 0.1) is 0 Å². The molecule has 0 bridgehead atoms. The molecule has 0 aliphatic carbocycles. The summed E-state index contributed by atoms with van der Waals surface area (Å²) in [6, 6.07) is 0. The van der Waals surface area contributed by atoms with Crippen LogP contribution in [0.4, 0.5) is 0 Å². The minimum atomic E-state index is -0.182. The van der Waals surface area contributed by atoms with E-state index in [4.69, 9.17) is 4.74 Å². The van der Waals surface area contributed by atoms with Gasteiger partial charge in [0, 0.05) is 6.42 Å². The molecule has 0 aromatic rings. The summed E-state index contributed by atoms with van der Waals surface area (Å²) in [6.07, 6.45) is 14.4. The van der Waals surface area contributed by atoms with Gasteiger partial charge in [-0.15, -0.1) is 0 Å². The van der Waals surface area contributed by atoms with Crippen molar-refractivity contribution in [1.82, 2.24) is 4.90 Å². The molecular weight excluding hydrogens is 294 g/mol. The third kappa shape index (κ3) is 17.1. The van der Waals surface area contributed by atoms with Crippen LogP contribution in [-0.2, 0) is 19.1 Å². The van der Waals surface area contributed by atoms with Gasteiger partial charge in [-0.2, -0.15) is 0 Å². The van der Waals surface area contributed by atoms with Gasteiger partial charge >= 0.3 is 5.97 Å². The number of ether oxygens (including phenoxy) is 2. The molecule has 0 atom stereocenters. The van der Waals surface area contributed by atoms with Crippen LogP contribution >= 0.6 is 0 Å². The smallest absolute Gasteiger partial charge is 0.307 e. The van der Waals surface area contributed by atoms with Crippen LogP contribution in [-0.4, -0.2) is 37.9 Å². The summed E-state index contributed by atoms with van der Waals surface area (Å²) in [4.78, 5) is 23.2. The maximum Gasteiger partial charge on any atom is 0.307 e. The molecule has 136 valence electrons. The van der Waals surface area contributed by atoms with E-state index in [1.54, 1.807) is 11.9 Å². The summed E-state index contributed by atoms with van der Waals surface area (Å²) in [5, 5.41) is 0. The van der Waals surface area contributed by atoms with Gasteiger partial charge in [0.25, 0.3) is 6.47 Å². The lowest BCUT2D eigenvalue weighted by Crippen LogP contribution is -2.26. The van der Waals surface area contributed by atoms with Crippen LogP contribution in [0.3, 0.4) is 0 Å². The van der Waals surface area contributed by atoms with Crippen molar-refractivity contribution in [2.45, 2.75) is 84.0 Å². The molecule has 0 fully saturated rings. The molecule has 23 heavy (non-hydrogen) atoms. The van der Waals surface area contributed by atoms with E-state index in [2.05, 4.69) is 11.7 Å². The summed E-state index contributed by atoms with van der Waals surface area (Å²) in [5.41, 5.74) is 0. The van der Waals surface area contributed by atoms with E-state index in [9.17, 15) is 9.59 Å². The number of hydrogen-bond acceptors (Lipinski definition) is 5. The fourth-order valence-corrected chi connectivity index (χ4v) is 2.38. The van der Waals surface area contributed by atoms with Gasteiger partial charge in [-0.3, -0.25) is 9.59 Å². The first kappa shape index (κ1) is 21.9. The summed E-state index contributed by atoms with van der Waals surface area (Å²) in [6.45, 7) is 2.92. The molecule has 5 heteroatoms. The fraction of sp³-hybridized carbons (Fsp3) is 0.889. The molecule has 5 nitrogen and oxygen atoms in total. The Hall–Kier alpha value is -1.10. The molecule has 0 saturated carbocycles. The molecule has 0 aromatic carbocycles. The summed E-state index contributed by atoms with van der Waals surface area (Å²) in [7, 11) is 1.72. The number of hydrogen-bond donors (Lipinski definition) is 0. The maximum absolute atomic E-state index is 11.5. The Balaban J connectivity index is 3.24. The minimum absolute atomic E-state index is 0.134. The molecule has 0 N–H and O–H groups in total. The van der Waals surface area contributed by atoms with E-state index < -0.39 is 0 Å². The molecule has 0 heterocycles. The standard InChI is InChI=1S/C18H35NO4/c1-3-4-5-6-7-8-9-10-11-12-13-14-18(21)23-16-19(2)15-22-17-20/h17H,3-16H2,1-2H3. The lowest BCUT2D eigenvalue weighted by molar-refractivity contribution is -0.151. The van der Waals surface area contributed by atoms with Crippen LogP contribution < -0.4 is 0 Å². The SMILES string of the molecule is CCCCCCCCCCCCCC(=O)OCN(C)COC=O. The predicted molar refractivity (Wildman–Crippen MR) is 91.8 cm³/mol. The first-order valence-electron chi connectivity index (χ1n) is 9.10. The van der Waals surface area contributed by atoms with Crippen molar-refractivity contribution in [1.29, 1.82) is 0 Å². The lowest BCUT2D eigenvalue weighted by Gasteiger charge is -2.14. The molecule has 0 aliphatic heterocycles. The molecule has 0 saturated heterocycles. The van der Waals surface area contributed by atoms with Crippen molar-refractivity contribution >= 4 is 12.4 Å². The lowest BCUT2D eigenvalue weighted by atomic mass is 10.1. The average Bonchev–Trinajstić information content (AvgIpc) is 2.56. The minimum Gasteiger partial charge on any atom is -0.452 e. The van der Waals surface area contributed by atoms with Crippen molar-refractivity contribution in [3.05, 3.63) is 0 Å². The Kier molecular flexibility index (Phi) is 16.4. The van der Waals surface area contributed by atoms with Gasteiger partial charge in [0.15, 0.2) is 0 Å². The number of esters is 1. The maximum atomic E-state index is 11.5. The Morgan fingerprint density at radius 1 is 0.870 bits per heavy atom. The molecule has 0 spiro atoms. The van der Waals surface area contributed by atoms with Crippen molar-refractivity contribution in [2.24, 2.45) is 0 Å². The highest BCUT2D eigenvalue weighted by molar-refractivity contribution is 5.69. The zero-order valence-corrected chi connectivity index (χ0v) is 15.1. The predicted octanol–water partition coefficient (Wildman–Crippen LogP) is 4.25. The van der Waals surface area contributed by atoms with Gasteiger partial charge < -0.3 is 9.47 Å². The van der Waals surface area contributed by atoms with Crippen molar-refractivity contribution in [3.63, 3.8) is 0 Å². The number of rotatable bonds is 17. The van der Waals surface area contributed by atoms with E-state index >= 15 is 0 Å². The second-order valence-electron chi connectivity index (χ2n) is 6.18. The van der Waals surface area contributed by atoms with Crippen molar-refractivity contribution in [3.8, 4) is 0 Å². The first-order valence-corrected chi connectivity index (χ1v) is 9.10. The zero-order chi connectivity index (χ0) is 17.2. The van der Waals surface area contributed by atoms with Crippen LogP contribution in [0.5, 0.6) is 0 Å². The Bertz CT molecular complexity index is 284. The highest BCUT2D eigenvalue weighted by atomic mass is 16.6. The van der Waals surface area contributed by atoms with E-state index in [0.29, 0.717) is 12.9 Å². The number of carbonyl (C=O) groups is 2. The Morgan fingerprint density at radius 3 is 1.91 bits per heavy atom. The molecule has 0 aliphatic rings. The molecular formula is C18H35NO4. The average molecular weight is 329 g/mol. The summed E-state index contributed by atoms with van der Waals surface area (Å²) in [5.74, 6) is -0.182. The van der Waals surface area contributed by atoms with Crippen molar-refractivity contribution in [2.75, 3.05) is 20.5 Å². The van der Waals surface area contributed by atoms with Gasteiger partial charge in [0.2, 0.25) is 0 Å². The third-order valence-electron chi connectivity index (χ3n) is 3.79. The van der Waals surface area contributed by atoms with Crippen LogP contribution in [0, 0.1) is 0 Å². The molecule has 0 rings (SSSR count). The fourth-order valence-electron chi connectivity index (χ4n) is 2.38.